The average molecular weight is 433 g/mol. The lowest BCUT2D eigenvalue weighted by Gasteiger charge is -2.17. The molecule has 0 aliphatic rings. The molecule has 3 N–H and O–H groups in total. The Morgan fingerprint density at radius 2 is 1.93 bits per heavy atom. The number of carbonyl (C=O) groups excluding carboxylic acids is 1. The summed E-state index contributed by atoms with van der Waals surface area (Å²) in [5, 5.41) is 12.0. The van der Waals surface area contributed by atoms with Crippen molar-refractivity contribution in [3.8, 4) is 11.5 Å². The summed E-state index contributed by atoms with van der Waals surface area (Å²) in [7, 11) is -4.23. The zero-order valence-electron chi connectivity index (χ0n) is 16.7. The van der Waals surface area contributed by atoms with Gasteiger partial charge in [0.15, 0.2) is 5.75 Å². The number of nitrogens with one attached hydrogen (secondary N) is 1. The standard InChI is InChI=1S/C19H23N5O5S/c1-3-5-10-22-16-11-13(19(25)28-4-2)12-17(30(21,26)27)18(16)29-15-8-6-14(7-9-15)23-24-20/h6-9,11-12,22H,3-5,10H2,1-2H3,(H2,21,26,27). The van der Waals surface area contributed by atoms with E-state index in [1.54, 1.807) is 6.92 Å². The maximum Gasteiger partial charge on any atom is 0.338 e. The van der Waals surface area contributed by atoms with Gasteiger partial charge in [0, 0.05) is 17.1 Å². The van der Waals surface area contributed by atoms with Gasteiger partial charge in [-0.25, -0.2) is 18.4 Å². The van der Waals surface area contributed by atoms with Gasteiger partial charge >= 0.3 is 5.97 Å². The first-order valence-electron chi connectivity index (χ1n) is 9.25. The van der Waals surface area contributed by atoms with Crippen molar-refractivity contribution in [1.29, 1.82) is 0 Å². The average Bonchev–Trinajstić information content (AvgIpc) is 2.70. The van der Waals surface area contributed by atoms with Gasteiger partial charge in [0.05, 0.1) is 17.9 Å². The maximum absolute atomic E-state index is 12.3. The van der Waals surface area contributed by atoms with Gasteiger partial charge in [-0.1, -0.05) is 18.5 Å². The van der Waals surface area contributed by atoms with Crippen LogP contribution in [-0.2, 0) is 14.8 Å². The number of carbonyl (C=O) groups is 1. The van der Waals surface area contributed by atoms with Gasteiger partial charge in [0.1, 0.15) is 10.6 Å². The fourth-order valence-electron chi connectivity index (χ4n) is 2.53. The Kier molecular flexibility index (Phi) is 8.05. The van der Waals surface area contributed by atoms with Crippen LogP contribution in [0.25, 0.3) is 10.4 Å². The fraction of sp³-hybridized carbons (Fsp3) is 0.316. The van der Waals surface area contributed by atoms with Crippen LogP contribution in [0.5, 0.6) is 11.5 Å². The molecule has 11 heteroatoms. The van der Waals surface area contributed by atoms with Crippen LogP contribution in [0.3, 0.4) is 0 Å². The second kappa shape index (κ2) is 10.5. The molecule has 0 fully saturated rings. The number of azide groups is 1. The summed E-state index contributed by atoms with van der Waals surface area (Å²) < 4.78 is 35.3. The highest BCUT2D eigenvalue weighted by Gasteiger charge is 2.24. The predicted octanol–water partition coefficient (Wildman–Crippen LogP) is 4.46. The molecule has 0 saturated carbocycles. The van der Waals surface area contributed by atoms with Gasteiger partial charge in [0.2, 0.25) is 10.0 Å². The number of anilines is 1. The first-order valence-corrected chi connectivity index (χ1v) is 10.8. The topological polar surface area (TPSA) is 156 Å². The molecule has 0 bridgehead atoms. The van der Waals surface area contributed by atoms with E-state index in [-0.39, 0.29) is 28.5 Å². The maximum atomic E-state index is 12.3. The van der Waals surface area contributed by atoms with E-state index in [4.69, 9.17) is 20.1 Å². The van der Waals surface area contributed by atoms with Crippen LogP contribution in [0.15, 0.2) is 46.4 Å². The summed E-state index contributed by atoms with van der Waals surface area (Å²) in [6.45, 7) is 4.32. The number of rotatable bonds is 10. The highest BCUT2D eigenvalue weighted by atomic mass is 32.2. The Bertz CT molecular complexity index is 1050. The number of ether oxygens (including phenoxy) is 2. The quantitative estimate of drug-likeness (QED) is 0.185. The molecule has 0 saturated heterocycles. The van der Waals surface area contributed by atoms with Crippen LogP contribution in [0.4, 0.5) is 11.4 Å². The first-order chi connectivity index (χ1) is 14.3. The van der Waals surface area contributed by atoms with Crippen molar-refractivity contribution < 1.29 is 22.7 Å². The predicted molar refractivity (Wildman–Crippen MR) is 112 cm³/mol. The van der Waals surface area contributed by atoms with Gasteiger partial charge in [-0.2, -0.15) is 0 Å². The summed E-state index contributed by atoms with van der Waals surface area (Å²) in [6.07, 6.45) is 1.72. The van der Waals surface area contributed by atoms with Crippen LogP contribution < -0.4 is 15.2 Å². The van der Waals surface area contributed by atoms with Crippen molar-refractivity contribution in [1.82, 2.24) is 0 Å². The normalized spacial score (nSPS) is 10.8. The third kappa shape index (κ3) is 6.11. The van der Waals surface area contributed by atoms with Crippen molar-refractivity contribution >= 4 is 27.4 Å². The molecule has 0 spiro atoms. The molecule has 0 unspecified atom stereocenters. The van der Waals surface area contributed by atoms with E-state index in [2.05, 4.69) is 15.3 Å². The molecule has 0 atom stereocenters. The summed E-state index contributed by atoms with van der Waals surface area (Å²) >= 11 is 0. The highest BCUT2D eigenvalue weighted by molar-refractivity contribution is 7.89. The molecule has 2 aromatic carbocycles. The van der Waals surface area contributed by atoms with E-state index in [1.807, 2.05) is 6.92 Å². The van der Waals surface area contributed by atoms with E-state index in [1.165, 1.54) is 30.3 Å². The van der Waals surface area contributed by atoms with Crippen molar-refractivity contribution in [2.75, 3.05) is 18.5 Å². The summed E-state index contributed by atoms with van der Waals surface area (Å²) in [5.41, 5.74) is 9.19. The molecule has 0 amide bonds. The van der Waals surface area contributed by atoms with Gasteiger partial charge in [-0.15, -0.1) is 0 Å². The number of hydrogen-bond acceptors (Lipinski definition) is 7. The Morgan fingerprint density at radius 1 is 1.23 bits per heavy atom. The van der Waals surface area contributed by atoms with E-state index in [0.29, 0.717) is 18.0 Å². The number of nitrogens with two attached hydrogens (primary N) is 1. The Morgan fingerprint density at radius 3 is 2.50 bits per heavy atom. The third-order valence-electron chi connectivity index (χ3n) is 3.94. The second-order valence-electron chi connectivity index (χ2n) is 6.18. The number of esters is 1. The number of hydrogen-bond donors (Lipinski definition) is 2. The lowest BCUT2D eigenvalue weighted by atomic mass is 10.1. The zero-order valence-corrected chi connectivity index (χ0v) is 17.5. The molecule has 30 heavy (non-hydrogen) atoms. The molecule has 2 rings (SSSR count). The van der Waals surface area contributed by atoms with Crippen LogP contribution in [-0.4, -0.2) is 27.5 Å². The van der Waals surface area contributed by atoms with Crippen LogP contribution in [0.2, 0.25) is 0 Å². The Hall–Kier alpha value is -3.27. The lowest BCUT2D eigenvalue weighted by molar-refractivity contribution is 0.0526. The molecular formula is C19H23N5O5S. The van der Waals surface area contributed by atoms with Crippen LogP contribution >= 0.6 is 0 Å². The minimum absolute atomic E-state index is 0.0333. The van der Waals surface area contributed by atoms with Crippen molar-refractivity contribution in [2.24, 2.45) is 10.3 Å². The number of sulfonamides is 1. The SMILES string of the molecule is CCCCNc1cc(C(=O)OCC)cc(S(N)(=O)=O)c1Oc1ccc(N=[N+]=[N-])cc1. The van der Waals surface area contributed by atoms with Gasteiger partial charge < -0.3 is 14.8 Å². The molecule has 10 nitrogen and oxygen atoms in total. The van der Waals surface area contributed by atoms with E-state index >= 15 is 0 Å². The Balaban J connectivity index is 2.57. The number of nitrogens with zero attached hydrogens (tertiary/aromatic N) is 3. The molecule has 0 heterocycles. The number of benzene rings is 2. The lowest BCUT2D eigenvalue weighted by Crippen LogP contribution is -2.17. The van der Waals surface area contributed by atoms with Gasteiger partial charge in [-0.05, 0) is 55.3 Å². The van der Waals surface area contributed by atoms with Crippen molar-refractivity contribution in [3.63, 3.8) is 0 Å². The smallest absolute Gasteiger partial charge is 0.338 e. The van der Waals surface area contributed by atoms with E-state index < -0.39 is 16.0 Å². The summed E-state index contributed by atoms with van der Waals surface area (Å²) in [5.74, 6) is -0.427. The molecule has 0 aliphatic heterocycles. The van der Waals surface area contributed by atoms with Crippen molar-refractivity contribution in [3.05, 3.63) is 52.4 Å². The molecule has 0 radical (unpaired) electrons. The molecule has 0 aromatic heterocycles. The first kappa shape index (κ1) is 23.0. The van der Waals surface area contributed by atoms with E-state index in [9.17, 15) is 13.2 Å². The molecular weight excluding hydrogens is 410 g/mol. The number of unbranched alkanes of at least 4 members (excludes halogenated alkanes) is 1. The second-order valence-corrected chi connectivity index (χ2v) is 7.71. The largest absolute Gasteiger partial charge is 0.462 e. The summed E-state index contributed by atoms with van der Waals surface area (Å²) in [4.78, 5) is 14.6. The zero-order chi connectivity index (χ0) is 22.1. The third-order valence-corrected chi connectivity index (χ3v) is 4.85. The van der Waals surface area contributed by atoms with Crippen molar-refractivity contribution in [2.45, 2.75) is 31.6 Å². The fourth-order valence-corrected chi connectivity index (χ4v) is 3.23. The van der Waals surface area contributed by atoms with E-state index in [0.717, 1.165) is 18.9 Å². The molecule has 0 aliphatic carbocycles. The van der Waals surface area contributed by atoms with Gasteiger partial charge in [0.25, 0.3) is 0 Å². The minimum atomic E-state index is -4.23. The Labute approximate surface area is 174 Å². The van der Waals surface area contributed by atoms with Crippen LogP contribution in [0, 0.1) is 0 Å². The summed E-state index contributed by atoms with van der Waals surface area (Å²) in [6, 6.07) is 8.66. The number of primary sulfonamides is 1. The monoisotopic (exact) mass is 433 g/mol. The van der Waals surface area contributed by atoms with Crippen LogP contribution in [0.1, 0.15) is 37.0 Å². The minimum Gasteiger partial charge on any atom is -0.462 e. The highest BCUT2D eigenvalue weighted by Crippen LogP contribution is 2.37. The molecule has 2 aromatic rings. The van der Waals surface area contributed by atoms with Gasteiger partial charge in [-0.3, -0.25) is 0 Å². The molecule has 160 valence electrons.